The maximum Gasteiger partial charge on any atom is 0.178 e. The van der Waals surface area contributed by atoms with E-state index in [4.69, 9.17) is 23.8 Å². The van der Waals surface area contributed by atoms with Crippen molar-refractivity contribution in [2.75, 3.05) is 0 Å². The molecule has 1 aromatic carbocycles. The highest BCUT2D eigenvalue weighted by Gasteiger charge is 2.13. The van der Waals surface area contributed by atoms with Crippen LogP contribution in [0.3, 0.4) is 0 Å². The van der Waals surface area contributed by atoms with E-state index in [9.17, 15) is 4.39 Å². The van der Waals surface area contributed by atoms with E-state index >= 15 is 0 Å². The van der Waals surface area contributed by atoms with E-state index in [0.29, 0.717) is 10.3 Å². The quantitative estimate of drug-likeness (QED) is 0.510. The molecule has 0 spiro atoms. The molecule has 0 amide bonds. The van der Waals surface area contributed by atoms with Crippen molar-refractivity contribution in [1.29, 1.82) is 0 Å². The van der Waals surface area contributed by atoms with Gasteiger partial charge in [0.2, 0.25) is 0 Å². The van der Waals surface area contributed by atoms with Crippen LogP contribution in [0, 0.1) is 10.6 Å². The fraction of sp³-hybridized carbons (Fsp3) is 0.533. The molecule has 0 bridgehead atoms. The van der Waals surface area contributed by atoms with Gasteiger partial charge in [-0.25, -0.2) is 4.39 Å². The van der Waals surface area contributed by atoms with Gasteiger partial charge in [0.1, 0.15) is 5.82 Å². The van der Waals surface area contributed by atoms with Crippen LogP contribution in [0.25, 0.3) is 11.0 Å². The van der Waals surface area contributed by atoms with Crippen LogP contribution < -0.4 is 0 Å². The van der Waals surface area contributed by atoms with E-state index in [2.05, 4.69) is 18.8 Å². The fourth-order valence-corrected chi connectivity index (χ4v) is 3.10. The fourth-order valence-electron chi connectivity index (χ4n) is 2.55. The molecule has 0 radical (unpaired) electrons. The van der Waals surface area contributed by atoms with E-state index in [0.717, 1.165) is 11.9 Å². The molecule has 20 heavy (non-hydrogen) atoms. The number of aromatic amines is 1. The number of hydrogen-bond acceptors (Lipinski definition) is 1. The number of nitrogens with zero attached hydrogens (tertiary/aromatic N) is 1. The number of rotatable bonds is 6. The summed E-state index contributed by atoms with van der Waals surface area (Å²) in [6.45, 7) is 4.35. The molecule has 0 aliphatic rings. The summed E-state index contributed by atoms with van der Waals surface area (Å²) in [7, 11) is 0. The average molecular weight is 315 g/mol. The van der Waals surface area contributed by atoms with Crippen molar-refractivity contribution in [1.82, 2.24) is 9.55 Å². The summed E-state index contributed by atoms with van der Waals surface area (Å²) in [5, 5.41) is 0.137. The number of unbranched alkanes of at least 4 members (excludes halogenated alkanes) is 3. The number of imidazole rings is 1. The van der Waals surface area contributed by atoms with E-state index in [1.54, 1.807) is 6.07 Å². The molecule has 1 atom stereocenters. The Morgan fingerprint density at radius 1 is 1.35 bits per heavy atom. The molecule has 2 rings (SSSR count). The first-order valence-electron chi connectivity index (χ1n) is 7.13. The second-order valence-corrected chi connectivity index (χ2v) is 6.08. The summed E-state index contributed by atoms with van der Waals surface area (Å²) >= 11 is 11.2. The number of hydrogen-bond donors (Lipinski definition) is 1. The lowest BCUT2D eigenvalue weighted by molar-refractivity contribution is 0.478. The highest BCUT2D eigenvalue weighted by Crippen LogP contribution is 2.27. The van der Waals surface area contributed by atoms with Crippen LogP contribution in [0.2, 0.25) is 5.02 Å². The van der Waals surface area contributed by atoms with Gasteiger partial charge in [0.05, 0.1) is 16.1 Å². The van der Waals surface area contributed by atoms with E-state index in [-0.39, 0.29) is 11.1 Å². The van der Waals surface area contributed by atoms with Crippen LogP contribution in [0.5, 0.6) is 0 Å². The van der Waals surface area contributed by atoms with Gasteiger partial charge in [0, 0.05) is 12.1 Å². The summed E-state index contributed by atoms with van der Waals surface area (Å²) in [4.78, 5) is 3.06. The number of halogens is 2. The molecule has 1 heterocycles. The molecule has 110 valence electrons. The number of aromatic nitrogens is 2. The van der Waals surface area contributed by atoms with Crippen LogP contribution in [0.15, 0.2) is 12.1 Å². The maximum atomic E-state index is 13.5. The van der Waals surface area contributed by atoms with Crippen LogP contribution in [0.1, 0.15) is 52.0 Å². The zero-order valence-electron chi connectivity index (χ0n) is 11.9. The van der Waals surface area contributed by atoms with Crippen LogP contribution in [-0.2, 0) is 0 Å². The molecular weight excluding hydrogens is 295 g/mol. The summed E-state index contributed by atoms with van der Waals surface area (Å²) < 4.78 is 16.2. The molecule has 0 saturated carbocycles. The first-order valence-corrected chi connectivity index (χ1v) is 7.92. The zero-order chi connectivity index (χ0) is 14.7. The maximum absolute atomic E-state index is 13.5. The Kier molecular flexibility index (Phi) is 5.22. The minimum Gasteiger partial charge on any atom is -0.330 e. The van der Waals surface area contributed by atoms with Crippen molar-refractivity contribution < 1.29 is 4.39 Å². The Hall–Kier alpha value is -0.870. The highest BCUT2D eigenvalue weighted by molar-refractivity contribution is 7.71. The first-order chi connectivity index (χ1) is 9.54. The van der Waals surface area contributed by atoms with Crippen molar-refractivity contribution in [2.45, 2.75) is 52.0 Å². The van der Waals surface area contributed by atoms with E-state index < -0.39 is 5.82 Å². The topological polar surface area (TPSA) is 20.7 Å². The molecule has 0 fully saturated rings. The molecule has 2 aromatic rings. The third kappa shape index (κ3) is 3.23. The summed E-state index contributed by atoms with van der Waals surface area (Å²) in [6, 6.07) is 3.35. The molecule has 1 unspecified atom stereocenters. The molecule has 0 aliphatic heterocycles. The molecule has 0 aliphatic carbocycles. The van der Waals surface area contributed by atoms with Gasteiger partial charge >= 0.3 is 0 Å². The van der Waals surface area contributed by atoms with Gasteiger partial charge in [-0.05, 0) is 31.6 Å². The molecular formula is C15H20ClFN2S. The van der Waals surface area contributed by atoms with Crippen molar-refractivity contribution in [2.24, 2.45) is 0 Å². The van der Waals surface area contributed by atoms with E-state index in [1.807, 2.05) is 4.57 Å². The molecule has 1 N–H and O–H groups in total. The van der Waals surface area contributed by atoms with E-state index in [1.165, 1.54) is 31.7 Å². The van der Waals surface area contributed by atoms with Gasteiger partial charge in [0.25, 0.3) is 0 Å². The van der Waals surface area contributed by atoms with Gasteiger partial charge in [-0.3, -0.25) is 0 Å². The monoisotopic (exact) mass is 314 g/mol. The first kappa shape index (κ1) is 15.5. The number of nitrogens with one attached hydrogen (secondary N) is 1. The smallest absolute Gasteiger partial charge is 0.178 e. The lowest BCUT2D eigenvalue weighted by atomic mass is 10.1. The minimum absolute atomic E-state index is 0.137. The predicted molar refractivity (Wildman–Crippen MR) is 85.6 cm³/mol. The van der Waals surface area contributed by atoms with Gasteiger partial charge in [-0.2, -0.15) is 0 Å². The second kappa shape index (κ2) is 6.72. The minimum atomic E-state index is -0.418. The zero-order valence-corrected chi connectivity index (χ0v) is 13.5. The molecule has 2 nitrogen and oxygen atoms in total. The van der Waals surface area contributed by atoms with Crippen LogP contribution >= 0.6 is 23.8 Å². The Bertz CT molecular complexity index is 647. The highest BCUT2D eigenvalue weighted by atomic mass is 35.5. The number of fused-ring (bicyclic) bond motifs is 1. The summed E-state index contributed by atoms with van der Waals surface area (Å²) in [6.07, 6.45) is 5.99. The lowest BCUT2D eigenvalue weighted by Gasteiger charge is -2.14. The Morgan fingerprint density at radius 2 is 2.10 bits per heavy atom. The standard InChI is InChI=1S/C15H20ClFN2S/c1-3-4-5-6-7-10(2)19-14-8-11(16)12(17)9-13(14)18-15(19)20/h8-10H,3-7H2,1-2H3,(H,18,20). The normalized spacial score (nSPS) is 13.0. The molecule has 1 aromatic heterocycles. The lowest BCUT2D eigenvalue weighted by Crippen LogP contribution is -2.05. The van der Waals surface area contributed by atoms with Gasteiger partial charge < -0.3 is 9.55 Å². The molecule has 5 heteroatoms. The van der Waals surface area contributed by atoms with Gasteiger partial charge in [0.15, 0.2) is 4.77 Å². The van der Waals surface area contributed by atoms with Crippen LogP contribution in [-0.4, -0.2) is 9.55 Å². The third-order valence-electron chi connectivity index (χ3n) is 3.67. The Morgan fingerprint density at radius 3 is 2.80 bits per heavy atom. The largest absolute Gasteiger partial charge is 0.330 e. The second-order valence-electron chi connectivity index (χ2n) is 5.28. The SMILES string of the molecule is CCCCCCC(C)n1c(=S)[nH]c2cc(F)c(Cl)cc21. The number of H-pyrrole nitrogens is 1. The molecule has 0 saturated heterocycles. The van der Waals surface area contributed by atoms with Gasteiger partial charge in [-0.1, -0.05) is 44.2 Å². The van der Waals surface area contributed by atoms with Crippen molar-refractivity contribution in [3.8, 4) is 0 Å². The Balaban J connectivity index is 2.26. The van der Waals surface area contributed by atoms with Crippen molar-refractivity contribution in [3.05, 3.63) is 27.7 Å². The predicted octanol–water partition coefficient (Wildman–Crippen LogP) is 6.02. The van der Waals surface area contributed by atoms with Crippen molar-refractivity contribution in [3.63, 3.8) is 0 Å². The summed E-state index contributed by atoms with van der Waals surface area (Å²) in [5.41, 5.74) is 1.58. The third-order valence-corrected chi connectivity index (χ3v) is 4.26. The summed E-state index contributed by atoms with van der Waals surface area (Å²) in [5.74, 6) is -0.418. The van der Waals surface area contributed by atoms with Crippen molar-refractivity contribution >= 4 is 34.9 Å². The average Bonchev–Trinajstić information content (AvgIpc) is 2.70. The van der Waals surface area contributed by atoms with Gasteiger partial charge in [-0.15, -0.1) is 0 Å². The van der Waals surface area contributed by atoms with Crippen LogP contribution in [0.4, 0.5) is 4.39 Å². The number of benzene rings is 1. The Labute approximate surface area is 128 Å².